The van der Waals surface area contributed by atoms with Crippen LogP contribution in [0.4, 0.5) is 0 Å². The highest BCUT2D eigenvalue weighted by molar-refractivity contribution is 5.76. The Bertz CT molecular complexity index is 394. The first-order valence-corrected chi connectivity index (χ1v) is 5.77. The van der Waals surface area contributed by atoms with Crippen LogP contribution in [-0.4, -0.2) is 50.3 Å². The standard InChI is InChI=1S/C13H20N2O3/c1-15(2)11(8-14-13(17)9-16)10-6-4-5-7-12(10)18-3/h4-7,11,16H,8-9H2,1-3H3,(H,14,17). The van der Waals surface area contributed by atoms with Gasteiger partial charge in [-0.2, -0.15) is 0 Å². The fourth-order valence-electron chi connectivity index (χ4n) is 1.78. The molecule has 1 rings (SSSR count). The highest BCUT2D eigenvalue weighted by Gasteiger charge is 2.18. The summed E-state index contributed by atoms with van der Waals surface area (Å²) in [5, 5.41) is 11.4. The second-order valence-electron chi connectivity index (χ2n) is 4.18. The summed E-state index contributed by atoms with van der Waals surface area (Å²) in [6, 6.07) is 7.69. The van der Waals surface area contributed by atoms with Gasteiger partial charge in [-0.05, 0) is 20.2 Å². The van der Waals surface area contributed by atoms with E-state index in [1.54, 1.807) is 7.11 Å². The van der Waals surface area contributed by atoms with Crippen LogP contribution in [0.3, 0.4) is 0 Å². The largest absolute Gasteiger partial charge is 0.496 e. The lowest BCUT2D eigenvalue weighted by Gasteiger charge is -2.26. The first-order valence-electron chi connectivity index (χ1n) is 5.77. The van der Waals surface area contributed by atoms with E-state index in [4.69, 9.17) is 9.84 Å². The number of rotatable bonds is 6. The van der Waals surface area contributed by atoms with E-state index in [9.17, 15) is 4.79 Å². The molecule has 0 saturated heterocycles. The number of ether oxygens (including phenoxy) is 1. The Morgan fingerprint density at radius 1 is 1.44 bits per heavy atom. The molecule has 0 fully saturated rings. The summed E-state index contributed by atoms with van der Waals surface area (Å²) in [7, 11) is 5.49. The van der Waals surface area contributed by atoms with Crippen molar-refractivity contribution in [1.82, 2.24) is 10.2 Å². The van der Waals surface area contributed by atoms with Crippen LogP contribution in [-0.2, 0) is 4.79 Å². The van der Waals surface area contributed by atoms with E-state index in [0.29, 0.717) is 6.54 Å². The van der Waals surface area contributed by atoms with Crippen LogP contribution in [0.2, 0.25) is 0 Å². The minimum Gasteiger partial charge on any atom is -0.496 e. The van der Waals surface area contributed by atoms with Crippen LogP contribution in [0.15, 0.2) is 24.3 Å². The van der Waals surface area contributed by atoms with Crippen molar-refractivity contribution in [2.75, 3.05) is 34.4 Å². The zero-order valence-electron chi connectivity index (χ0n) is 11.0. The van der Waals surface area contributed by atoms with Crippen LogP contribution in [0.25, 0.3) is 0 Å². The summed E-state index contributed by atoms with van der Waals surface area (Å²) in [6.45, 7) is -0.0706. The van der Waals surface area contributed by atoms with E-state index in [-0.39, 0.29) is 11.9 Å². The van der Waals surface area contributed by atoms with Gasteiger partial charge in [0, 0.05) is 12.1 Å². The van der Waals surface area contributed by atoms with E-state index in [0.717, 1.165) is 11.3 Å². The maximum absolute atomic E-state index is 11.1. The minimum absolute atomic E-state index is 0.00310. The summed E-state index contributed by atoms with van der Waals surface area (Å²) < 4.78 is 5.32. The number of nitrogens with zero attached hydrogens (tertiary/aromatic N) is 1. The van der Waals surface area contributed by atoms with E-state index in [1.807, 2.05) is 43.3 Å². The molecule has 0 heterocycles. The van der Waals surface area contributed by atoms with Gasteiger partial charge in [-0.25, -0.2) is 0 Å². The van der Waals surface area contributed by atoms with Gasteiger partial charge in [0.2, 0.25) is 5.91 Å². The number of likely N-dealkylation sites (N-methyl/N-ethyl adjacent to an activating group) is 1. The lowest BCUT2D eigenvalue weighted by molar-refractivity contribution is -0.124. The molecule has 5 heteroatoms. The van der Waals surface area contributed by atoms with Crippen molar-refractivity contribution in [3.05, 3.63) is 29.8 Å². The van der Waals surface area contributed by atoms with Crippen molar-refractivity contribution in [3.63, 3.8) is 0 Å². The third-order valence-corrected chi connectivity index (χ3v) is 2.76. The Hall–Kier alpha value is -1.59. The predicted octanol–water partition coefficient (Wildman–Crippen LogP) is 0.406. The molecule has 0 aromatic heterocycles. The molecule has 100 valence electrons. The maximum Gasteiger partial charge on any atom is 0.245 e. The van der Waals surface area contributed by atoms with Gasteiger partial charge in [0.15, 0.2) is 0 Å². The monoisotopic (exact) mass is 252 g/mol. The van der Waals surface area contributed by atoms with Gasteiger partial charge in [0.1, 0.15) is 12.4 Å². The summed E-state index contributed by atoms with van der Waals surface area (Å²) in [5.74, 6) is 0.409. The predicted molar refractivity (Wildman–Crippen MR) is 69.5 cm³/mol. The molecule has 0 spiro atoms. The molecule has 0 aliphatic carbocycles. The van der Waals surface area contributed by atoms with Gasteiger partial charge < -0.3 is 20.1 Å². The molecule has 18 heavy (non-hydrogen) atoms. The Morgan fingerprint density at radius 2 is 2.11 bits per heavy atom. The Kier molecular flexibility index (Phi) is 5.61. The molecule has 5 nitrogen and oxygen atoms in total. The third-order valence-electron chi connectivity index (χ3n) is 2.76. The molecule has 0 aliphatic heterocycles. The molecule has 0 saturated carbocycles. The minimum atomic E-state index is -0.494. The molecule has 0 radical (unpaired) electrons. The van der Waals surface area contributed by atoms with Crippen molar-refractivity contribution in [3.8, 4) is 5.75 Å². The number of carbonyl (C=O) groups excluding carboxylic acids is 1. The first-order chi connectivity index (χ1) is 8.60. The smallest absolute Gasteiger partial charge is 0.245 e. The quantitative estimate of drug-likeness (QED) is 0.769. The van der Waals surface area contributed by atoms with Crippen molar-refractivity contribution in [2.24, 2.45) is 0 Å². The average Bonchev–Trinajstić information content (AvgIpc) is 2.38. The highest BCUT2D eigenvalue weighted by Crippen LogP contribution is 2.27. The number of carbonyl (C=O) groups is 1. The lowest BCUT2D eigenvalue weighted by atomic mass is 10.0. The van der Waals surface area contributed by atoms with Crippen molar-refractivity contribution in [2.45, 2.75) is 6.04 Å². The molecule has 2 N–H and O–H groups in total. The maximum atomic E-state index is 11.1. The Balaban J connectivity index is 2.87. The topological polar surface area (TPSA) is 61.8 Å². The second kappa shape index (κ2) is 6.98. The number of hydrogen-bond donors (Lipinski definition) is 2. The lowest BCUT2D eigenvalue weighted by Crippen LogP contribution is -2.36. The molecule has 1 aromatic rings. The van der Waals surface area contributed by atoms with Gasteiger partial charge >= 0.3 is 0 Å². The zero-order chi connectivity index (χ0) is 13.5. The van der Waals surface area contributed by atoms with Crippen molar-refractivity contribution in [1.29, 1.82) is 0 Å². The molecular weight excluding hydrogens is 232 g/mol. The van der Waals surface area contributed by atoms with Gasteiger partial charge in [0.25, 0.3) is 0 Å². The number of methoxy groups -OCH3 is 1. The summed E-state index contributed by atoms with van der Waals surface area (Å²) in [6.07, 6.45) is 0. The molecule has 1 amide bonds. The van der Waals surface area contributed by atoms with E-state index in [2.05, 4.69) is 5.32 Å². The van der Waals surface area contributed by atoms with Gasteiger partial charge in [-0.1, -0.05) is 18.2 Å². The number of hydrogen-bond acceptors (Lipinski definition) is 4. The fraction of sp³-hybridized carbons (Fsp3) is 0.462. The van der Waals surface area contributed by atoms with Crippen molar-refractivity contribution >= 4 is 5.91 Å². The molecular formula is C13H20N2O3. The summed E-state index contributed by atoms with van der Waals surface area (Å²) in [4.78, 5) is 13.1. The number of aliphatic hydroxyl groups excluding tert-OH is 1. The average molecular weight is 252 g/mol. The number of para-hydroxylation sites is 1. The van der Waals surface area contributed by atoms with E-state index in [1.165, 1.54) is 0 Å². The fourth-order valence-corrected chi connectivity index (χ4v) is 1.78. The van der Waals surface area contributed by atoms with Gasteiger partial charge in [0.05, 0.1) is 13.2 Å². The molecule has 1 unspecified atom stereocenters. The SMILES string of the molecule is COc1ccccc1C(CNC(=O)CO)N(C)C. The molecule has 1 atom stereocenters. The van der Waals surface area contributed by atoms with Crippen LogP contribution in [0.1, 0.15) is 11.6 Å². The van der Waals surface area contributed by atoms with Gasteiger partial charge in [-0.3, -0.25) is 4.79 Å². The highest BCUT2D eigenvalue weighted by atomic mass is 16.5. The normalized spacial score (nSPS) is 12.3. The number of aliphatic hydroxyl groups is 1. The van der Waals surface area contributed by atoms with Crippen LogP contribution >= 0.6 is 0 Å². The van der Waals surface area contributed by atoms with E-state index < -0.39 is 6.61 Å². The number of nitrogens with one attached hydrogen (secondary N) is 1. The summed E-state index contributed by atoms with van der Waals surface area (Å²) in [5.41, 5.74) is 1.00. The number of benzene rings is 1. The Labute approximate surface area is 107 Å². The van der Waals surface area contributed by atoms with Gasteiger partial charge in [-0.15, -0.1) is 0 Å². The molecule has 0 bridgehead atoms. The van der Waals surface area contributed by atoms with Crippen LogP contribution < -0.4 is 10.1 Å². The molecule has 1 aromatic carbocycles. The Morgan fingerprint density at radius 3 is 2.67 bits per heavy atom. The first kappa shape index (κ1) is 14.5. The summed E-state index contributed by atoms with van der Waals surface area (Å²) >= 11 is 0. The second-order valence-corrected chi connectivity index (χ2v) is 4.18. The molecule has 0 aliphatic rings. The van der Waals surface area contributed by atoms with Crippen LogP contribution in [0, 0.1) is 0 Å². The van der Waals surface area contributed by atoms with E-state index >= 15 is 0 Å². The van der Waals surface area contributed by atoms with Crippen LogP contribution in [0.5, 0.6) is 5.75 Å². The van der Waals surface area contributed by atoms with Crippen molar-refractivity contribution < 1.29 is 14.6 Å². The number of amides is 1. The third kappa shape index (κ3) is 3.72. The zero-order valence-corrected chi connectivity index (χ0v) is 11.0.